The Kier molecular flexibility index (Phi) is 5.96. The fourth-order valence-corrected chi connectivity index (χ4v) is 4.11. The zero-order valence-electron chi connectivity index (χ0n) is 15.6. The second-order valence-corrected chi connectivity index (χ2v) is 8.45. The number of sulfonamides is 1. The highest BCUT2D eigenvalue weighted by molar-refractivity contribution is 7.92. The van der Waals surface area contributed by atoms with Crippen LogP contribution in [0.25, 0.3) is 0 Å². The van der Waals surface area contributed by atoms with Crippen molar-refractivity contribution in [3.05, 3.63) is 47.7 Å². The Balaban J connectivity index is 1.77. The molecule has 1 atom stereocenters. The third kappa shape index (κ3) is 4.56. The minimum Gasteiger partial charge on any atom is -0.354 e. The van der Waals surface area contributed by atoms with Crippen LogP contribution in [0.1, 0.15) is 24.1 Å². The van der Waals surface area contributed by atoms with E-state index in [0.29, 0.717) is 11.4 Å². The van der Waals surface area contributed by atoms with Gasteiger partial charge in [-0.2, -0.15) is 0 Å². The number of piperazine rings is 1. The molecule has 0 bridgehead atoms. The van der Waals surface area contributed by atoms with Gasteiger partial charge >= 0.3 is 0 Å². The highest BCUT2D eigenvalue weighted by Crippen LogP contribution is 2.23. The van der Waals surface area contributed by atoms with Crippen LogP contribution in [-0.2, 0) is 10.0 Å². The van der Waals surface area contributed by atoms with Crippen molar-refractivity contribution in [2.45, 2.75) is 24.7 Å². The number of aryl methyl sites for hydroxylation is 1. The molecule has 3 rings (SSSR count). The van der Waals surface area contributed by atoms with Crippen molar-refractivity contribution in [2.75, 3.05) is 42.5 Å². The Morgan fingerprint density at radius 3 is 2.44 bits per heavy atom. The number of nitrogens with one attached hydrogen (secondary N) is 2. The molecule has 8 heteroatoms. The summed E-state index contributed by atoms with van der Waals surface area (Å²) in [5, 5.41) is 3.29. The lowest BCUT2D eigenvalue weighted by Gasteiger charge is -2.28. The Morgan fingerprint density at radius 1 is 1.19 bits per heavy atom. The zero-order valence-corrected chi connectivity index (χ0v) is 16.4. The van der Waals surface area contributed by atoms with Gasteiger partial charge in [0.15, 0.2) is 0 Å². The molecule has 27 heavy (non-hydrogen) atoms. The van der Waals surface area contributed by atoms with Crippen LogP contribution < -0.4 is 14.9 Å². The highest BCUT2D eigenvalue weighted by Gasteiger charge is 2.18. The number of benzene rings is 1. The minimum atomic E-state index is -3.73. The number of hydrogen-bond acceptors (Lipinski definition) is 5. The van der Waals surface area contributed by atoms with Gasteiger partial charge in [-0.1, -0.05) is 19.1 Å². The third-order valence-electron chi connectivity index (χ3n) is 4.75. The maximum atomic E-state index is 12.8. The molecule has 1 aromatic carbocycles. The topological polar surface area (TPSA) is 74.3 Å². The third-order valence-corrected chi connectivity index (χ3v) is 6.13. The minimum absolute atomic E-state index is 0.142. The number of nitrogens with zero attached hydrogens (tertiary/aromatic N) is 2. The number of pyridine rings is 1. The fraction of sp³-hybridized carbons (Fsp3) is 0.421. The lowest BCUT2D eigenvalue weighted by atomic mass is 10.0. The van der Waals surface area contributed by atoms with Crippen LogP contribution in [0.3, 0.4) is 0 Å². The molecule has 0 radical (unpaired) electrons. The summed E-state index contributed by atoms with van der Waals surface area (Å²) < 4.78 is 40.7. The van der Waals surface area contributed by atoms with Gasteiger partial charge in [0.25, 0.3) is 10.0 Å². The van der Waals surface area contributed by atoms with Crippen LogP contribution in [0.2, 0.25) is 0 Å². The largest absolute Gasteiger partial charge is 0.354 e. The molecule has 1 aliphatic heterocycles. The average Bonchev–Trinajstić information content (AvgIpc) is 2.69. The molecule has 0 saturated carbocycles. The number of halogens is 1. The average molecular weight is 393 g/mol. The van der Waals surface area contributed by atoms with Gasteiger partial charge in [-0.05, 0) is 36.8 Å². The number of alkyl halides is 1. The summed E-state index contributed by atoms with van der Waals surface area (Å²) in [5.74, 6) is 0.597. The normalized spacial score (nSPS) is 16.2. The summed E-state index contributed by atoms with van der Waals surface area (Å²) in [6, 6.07) is 9.89. The lowest BCUT2D eigenvalue weighted by Crippen LogP contribution is -2.43. The van der Waals surface area contributed by atoms with Crippen molar-refractivity contribution in [3.8, 4) is 0 Å². The van der Waals surface area contributed by atoms with E-state index in [1.165, 1.54) is 12.1 Å². The van der Waals surface area contributed by atoms with E-state index in [2.05, 4.69) is 19.9 Å². The molecule has 2 heterocycles. The lowest BCUT2D eigenvalue weighted by molar-refractivity contribution is 0.447. The summed E-state index contributed by atoms with van der Waals surface area (Å²) in [5.41, 5.74) is 1.85. The summed E-state index contributed by atoms with van der Waals surface area (Å²) >= 11 is 0. The predicted molar refractivity (Wildman–Crippen MR) is 106 cm³/mol. The molecular formula is C19H25FN4O2S. The van der Waals surface area contributed by atoms with Crippen LogP contribution in [0, 0.1) is 6.92 Å². The van der Waals surface area contributed by atoms with E-state index in [1.54, 1.807) is 32.0 Å². The zero-order chi connectivity index (χ0) is 19.4. The first kappa shape index (κ1) is 19.6. The van der Waals surface area contributed by atoms with Gasteiger partial charge in [-0.25, -0.2) is 13.4 Å². The summed E-state index contributed by atoms with van der Waals surface area (Å²) in [7, 11) is -3.73. The molecule has 1 unspecified atom stereocenters. The van der Waals surface area contributed by atoms with Gasteiger partial charge in [-0.3, -0.25) is 9.11 Å². The van der Waals surface area contributed by atoms with Crippen LogP contribution >= 0.6 is 0 Å². The van der Waals surface area contributed by atoms with Crippen LogP contribution in [0.4, 0.5) is 15.9 Å². The molecule has 1 fully saturated rings. The van der Waals surface area contributed by atoms with E-state index in [1.807, 2.05) is 6.07 Å². The smallest absolute Gasteiger partial charge is 0.261 e. The molecule has 0 aliphatic carbocycles. The second-order valence-electron chi connectivity index (χ2n) is 6.77. The first-order chi connectivity index (χ1) is 12.9. The molecular weight excluding hydrogens is 367 g/mol. The SMILES string of the molecule is Cc1nc(N2CCNCC2)ccc1NS(=O)(=O)c1ccc(C(C)CF)cc1. The van der Waals surface area contributed by atoms with E-state index in [0.717, 1.165) is 37.6 Å². The number of aromatic nitrogens is 1. The van der Waals surface area contributed by atoms with Gasteiger partial charge in [-0.15, -0.1) is 0 Å². The number of hydrogen-bond donors (Lipinski definition) is 2. The Hall–Kier alpha value is -2.19. The number of anilines is 2. The highest BCUT2D eigenvalue weighted by atomic mass is 32.2. The summed E-state index contributed by atoms with van der Waals surface area (Å²) in [6.07, 6.45) is 0. The van der Waals surface area contributed by atoms with E-state index in [4.69, 9.17) is 0 Å². The molecule has 6 nitrogen and oxygen atoms in total. The molecule has 0 amide bonds. The van der Waals surface area contributed by atoms with Gasteiger partial charge < -0.3 is 10.2 Å². The van der Waals surface area contributed by atoms with Crippen molar-refractivity contribution in [3.63, 3.8) is 0 Å². The Labute approximate surface area is 159 Å². The maximum Gasteiger partial charge on any atom is 0.261 e. The fourth-order valence-electron chi connectivity index (χ4n) is 2.99. The molecule has 2 aromatic rings. The molecule has 146 valence electrons. The van der Waals surface area contributed by atoms with E-state index in [9.17, 15) is 12.8 Å². The molecule has 1 aliphatic rings. The molecule has 1 saturated heterocycles. The summed E-state index contributed by atoms with van der Waals surface area (Å²) in [6.45, 7) is 6.64. The van der Waals surface area contributed by atoms with Gasteiger partial charge in [0.2, 0.25) is 0 Å². The van der Waals surface area contributed by atoms with Crippen molar-refractivity contribution < 1.29 is 12.8 Å². The van der Waals surface area contributed by atoms with Crippen LogP contribution in [0.15, 0.2) is 41.3 Å². The second kappa shape index (κ2) is 8.22. The van der Waals surface area contributed by atoms with Gasteiger partial charge in [0.1, 0.15) is 5.82 Å². The van der Waals surface area contributed by atoms with Crippen molar-refractivity contribution in [1.82, 2.24) is 10.3 Å². The predicted octanol–water partition coefficient (Wildman–Crippen LogP) is 2.67. The van der Waals surface area contributed by atoms with Crippen LogP contribution in [0.5, 0.6) is 0 Å². The summed E-state index contributed by atoms with van der Waals surface area (Å²) in [4.78, 5) is 6.87. The Bertz CT molecular complexity index is 881. The first-order valence-corrected chi connectivity index (χ1v) is 10.5. The van der Waals surface area contributed by atoms with Crippen LogP contribution in [-0.4, -0.2) is 46.3 Å². The maximum absolute atomic E-state index is 12.8. The van der Waals surface area contributed by atoms with Gasteiger partial charge in [0.05, 0.1) is 23.0 Å². The van der Waals surface area contributed by atoms with E-state index in [-0.39, 0.29) is 10.8 Å². The van der Waals surface area contributed by atoms with Gasteiger partial charge in [0, 0.05) is 32.1 Å². The number of rotatable bonds is 6. The molecule has 0 spiro atoms. The standard InChI is InChI=1S/C19H25FN4O2S/c1-14(13-20)16-3-5-17(6-4-16)27(25,26)23-18-7-8-19(22-15(18)2)24-11-9-21-10-12-24/h3-8,14,21,23H,9-13H2,1-2H3. The van der Waals surface area contributed by atoms with Crippen molar-refractivity contribution >= 4 is 21.5 Å². The van der Waals surface area contributed by atoms with Crippen molar-refractivity contribution in [1.29, 1.82) is 0 Å². The van der Waals surface area contributed by atoms with Crippen molar-refractivity contribution in [2.24, 2.45) is 0 Å². The molecule has 2 N–H and O–H groups in total. The molecule has 1 aromatic heterocycles. The first-order valence-electron chi connectivity index (χ1n) is 9.03. The quantitative estimate of drug-likeness (QED) is 0.791. The van der Waals surface area contributed by atoms with E-state index >= 15 is 0 Å². The Morgan fingerprint density at radius 2 is 1.85 bits per heavy atom. The van der Waals surface area contributed by atoms with E-state index < -0.39 is 16.7 Å². The monoisotopic (exact) mass is 392 g/mol.